The number of carbonyl (C=O) groups excluding carboxylic acids is 1. The minimum Gasteiger partial charge on any atom is -0.871 e. The molecule has 0 spiro atoms. The van der Waals surface area contributed by atoms with E-state index in [1.54, 1.807) is 0 Å². The van der Waals surface area contributed by atoms with Crippen LogP contribution in [0.5, 0.6) is 0 Å². The van der Waals surface area contributed by atoms with Gasteiger partial charge in [0.1, 0.15) is 7.05 Å². The van der Waals surface area contributed by atoms with Gasteiger partial charge >= 0.3 is 0 Å². The zero-order chi connectivity index (χ0) is 31.7. The minimum absolute atomic E-state index is 0.160. The molecule has 0 amide bonds. The molecule has 0 saturated heterocycles. The van der Waals surface area contributed by atoms with E-state index < -0.39 is 0 Å². The van der Waals surface area contributed by atoms with Crippen LogP contribution in [-0.4, -0.2) is 29.7 Å². The van der Waals surface area contributed by atoms with Gasteiger partial charge in [-0.2, -0.15) is 4.58 Å². The normalized spacial score (nSPS) is 20.1. The molecule has 3 aliphatic rings. The van der Waals surface area contributed by atoms with Crippen LogP contribution in [0, 0.1) is 0 Å². The Morgan fingerprint density at radius 2 is 1.42 bits per heavy atom. The predicted molar refractivity (Wildman–Crippen MR) is 184 cm³/mol. The Labute approximate surface area is 266 Å². The smallest absolute Gasteiger partial charge is 0.210 e. The highest BCUT2D eigenvalue weighted by molar-refractivity contribution is 6.24. The number of benzene rings is 4. The lowest BCUT2D eigenvalue weighted by molar-refractivity contribution is -0.401. The minimum atomic E-state index is -0.363. The van der Waals surface area contributed by atoms with Crippen molar-refractivity contribution in [3.63, 3.8) is 0 Å². The summed E-state index contributed by atoms with van der Waals surface area (Å²) >= 11 is 0. The number of Topliss-reactive ketones (excluding diaryl/α,β-unsaturated/α-hetero) is 1. The van der Waals surface area contributed by atoms with E-state index in [1.165, 1.54) is 51.2 Å². The molecule has 0 fully saturated rings. The molecule has 4 aromatic rings. The van der Waals surface area contributed by atoms with Crippen molar-refractivity contribution in [2.24, 2.45) is 0 Å². The van der Waals surface area contributed by atoms with Crippen LogP contribution in [0.1, 0.15) is 71.4 Å². The van der Waals surface area contributed by atoms with Gasteiger partial charge in [-0.1, -0.05) is 100 Å². The molecular weight excluding hydrogens is 552 g/mol. The Hall–Kier alpha value is -4.44. The summed E-state index contributed by atoms with van der Waals surface area (Å²) in [7, 11) is 2.04. The molecule has 4 heteroatoms. The molecule has 2 heterocycles. The molecule has 4 aromatic carbocycles. The van der Waals surface area contributed by atoms with Crippen LogP contribution < -0.4 is 10.0 Å². The predicted octanol–water partition coefficient (Wildman–Crippen LogP) is 8.38. The van der Waals surface area contributed by atoms with Crippen molar-refractivity contribution < 1.29 is 14.5 Å². The van der Waals surface area contributed by atoms with Gasteiger partial charge in [0.25, 0.3) is 0 Å². The van der Waals surface area contributed by atoms with Crippen LogP contribution in [0.2, 0.25) is 0 Å². The lowest BCUT2D eigenvalue weighted by Gasteiger charge is -2.33. The van der Waals surface area contributed by atoms with E-state index in [4.69, 9.17) is 0 Å². The summed E-state index contributed by atoms with van der Waals surface area (Å²) in [5, 5.41) is 18.7. The second-order valence-electron chi connectivity index (χ2n) is 13.9. The van der Waals surface area contributed by atoms with E-state index >= 15 is 0 Å². The number of unbranched alkanes of at least 4 members (excludes halogenated alkanes) is 3. The van der Waals surface area contributed by atoms with E-state index in [9.17, 15) is 9.90 Å². The van der Waals surface area contributed by atoms with Gasteiger partial charge in [-0.15, -0.1) is 0 Å². The molecule has 0 saturated carbocycles. The highest BCUT2D eigenvalue weighted by Gasteiger charge is 2.46. The number of fused-ring (bicyclic) bond motifs is 6. The zero-order valence-electron chi connectivity index (χ0n) is 27.3. The van der Waals surface area contributed by atoms with Crippen molar-refractivity contribution in [1.29, 1.82) is 0 Å². The quantitative estimate of drug-likeness (QED) is 0.123. The molecule has 4 nitrogen and oxygen atoms in total. The first-order valence-electron chi connectivity index (χ1n) is 16.4. The fraction of sp³-hybridized carbons (Fsp3) is 0.317. The Balaban J connectivity index is 1.30. The molecule has 7 rings (SSSR count). The molecule has 0 atom stereocenters. The molecule has 45 heavy (non-hydrogen) atoms. The number of allylic oxidation sites excluding steroid dienone is 5. The van der Waals surface area contributed by atoms with Crippen LogP contribution in [0.25, 0.3) is 21.5 Å². The van der Waals surface area contributed by atoms with E-state index in [0.717, 1.165) is 36.5 Å². The van der Waals surface area contributed by atoms with Gasteiger partial charge in [0, 0.05) is 52.2 Å². The maximum Gasteiger partial charge on any atom is 0.210 e. The van der Waals surface area contributed by atoms with Crippen LogP contribution in [0.4, 0.5) is 11.4 Å². The molecule has 228 valence electrons. The van der Waals surface area contributed by atoms with E-state index in [1.807, 2.05) is 19.2 Å². The van der Waals surface area contributed by atoms with Crippen molar-refractivity contribution in [2.75, 3.05) is 18.5 Å². The number of hydrogen-bond donors (Lipinski definition) is 0. The maximum atomic E-state index is 13.8. The average molecular weight is 595 g/mol. The van der Waals surface area contributed by atoms with Gasteiger partial charge < -0.3 is 10.0 Å². The third-order valence-corrected chi connectivity index (χ3v) is 10.4. The fourth-order valence-corrected chi connectivity index (χ4v) is 8.05. The first kappa shape index (κ1) is 29.3. The number of carbonyl (C=O) groups is 1. The summed E-state index contributed by atoms with van der Waals surface area (Å²) < 4.78 is 2.14. The van der Waals surface area contributed by atoms with Gasteiger partial charge in [-0.3, -0.25) is 4.79 Å². The van der Waals surface area contributed by atoms with Crippen molar-refractivity contribution in [3.8, 4) is 0 Å². The van der Waals surface area contributed by atoms with Crippen LogP contribution >= 0.6 is 0 Å². The molecule has 0 unspecified atom stereocenters. The zero-order valence-corrected chi connectivity index (χ0v) is 27.3. The van der Waals surface area contributed by atoms with Gasteiger partial charge in [-0.05, 0) is 65.6 Å². The third-order valence-electron chi connectivity index (χ3n) is 10.4. The highest BCUT2D eigenvalue weighted by atomic mass is 16.3. The topological polar surface area (TPSA) is 46.4 Å². The summed E-state index contributed by atoms with van der Waals surface area (Å²) in [6.45, 7) is 11.9. The van der Waals surface area contributed by atoms with Crippen molar-refractivity contribution in [1.82, 2.24) is 0 Å². The lowest BCUT2D eigenvalue weighted by atomic mass is 9.76. The van der Waals surface area contributed by atoms with Gasteiger partial charge in [0.15, 0.2) is 11.5 Å². The van der Waals surface area contributed by atoms with E-state index in [-0.39, 0.29) is 27.9 Å². The molecule has 2 aliphatic heterocycles. The first-order chi connectivity index (χ1) is 21.6. The molecule has 0 bridgehead atoms. The third kappa shape index (κ3) is 4.33. The SMILES string of the molecule is CCCCCCN1/C(=C/C2=C([O-])C(=C/C3=[N+](C)c4ccc5ccccc5c4C3(C)C)/C2=O)C(C)(C)c2c1ccc1ccccc21. The van der Waals surface area contributed by atoms with Crippen LogP contribution in [0.15, 0.2) is 108 Å². The standard InChI is InChI=1S/C41H42N2O2/c1-7-8-9-14-23-43-33-22-20-27-16-11-13-18-29(27)37(33)41(4,5)35(43)25-31-38(44)30(39(31)45)24-34-40(2,3)36-28-17-12-10-15-26(28)19-21-32(36)42(34)6/h10-13,15-22,24-25H,7-9,14,23H2,1-6H3. The molecule has 0 N–H and O–H groups in total. The maximum absolute atomic E-state index is 13.8. The van der Waals surface area contributed by atoms with Crippen molar-refractivity contribution in [2.45, 2.75) is 71.1 Å². The van der Waals surface area contributed by atoms with Crippen LogP contribution in [-0.2, 0) is 15.6 Å². The summed E-state index contributed by atoms with van der Waals surface area (Å²) in [6.07, 6.45) is 8.36. The van der Waals surface area contributed by atoms with Crippen molar-refractivity contribution >= 4 is 44.4 Å². The van der Waals surface area contributed by atoms with Gasteiger partial charge in [0.05, 0.1) is 5.41 Å². The lowest BCUT2D eigenvalue weighted by Crippen LogP contribution is -2.35. The largest absolute Gasteiger partial charge is 0.871 e. The Morgan fingerprint density at radius 3 is 2.09 bits per heavy atom. The van der Waals surface area contributed by atoms with E-state index in [0.29, 0.717) is 5.57 Å². The molecule has 0 aromatic heterocycles. The summed E-state index contributed by atoms with van der Waals surface area (Å²) in [5.74, 6) is -0.319. The first-order valence-corrected chi connectivity index (χ1v) is 16.4. The average Bonchev–Trinajstić information content (AvgIpc) is 3.38. The number of anilines is 1. The number of ketones is 1. The second kappa shape index (κ2) is 10.6. The molecule has 1 aliphatic carbocycles. The number of hydrogen-bond acceptors (Lipinski definition) is 3. The van der Waals surface area contributed by atoms with Crippen molar-refractivity contribution in [3.05, 3.63) is 119 Å². The van der Waals surface area contributed by atoms with Crippen LogP contribution in [0.3, 0.4) is 0 Å². The van der Waals surface area contributed by atoms with Gasteiger partial charge in [-0.25, -0.2) is 0 Å². The molecule has 0 radical (unpaired) electrons. The molecular formula is C41H42N2O2. The van der Waals surface area contributed by atoms with Gasteiger partial charge in [0.2, 0.25) is 5.69 Å². The number of nitrogens with zero attached hydrogens (tertiary/aromatic N) is 2. The number of rotatable bonds is 7. The highest BCUT2D eigenvalue weighted by Crippen LogP contribution is 2.52. The monoisotopic (exact) mass is 594 g/mol. The summed E-state index contributed by atoms with van der Waals surface area (Å²) in [4.78, 5) is 16.2. The summed E-state index contributed by atoms with van der Waals surface area (Å²) in [6, 6.07) is 25.7. The van der Waals surface area contributed by atoms with E-state index in [2.05, 4.69) is 117 Å². The Bertz CT molecular complexity index is 2040. The fourth-order valence-electron chi connectivity index (χ4n) is 8.05. The Kier molecular flexibility index (Phi) is 6.88. The second-order valence-corrected chi connectivity index (χ2v) is 13.9. The summed E-state index contributed by atoms with van der Waals surface area (Å²) in [5.41, 5.74) is 6.66. The Morgan fingerprint density at radius 1 is 0.778 bits per heavy atom.